The van der Waals surface area contributed by atoms with Gasteiger partial charge in [-0.3, -0.25) is 0 Å². The molecule has 92 valence electrons. The Kier molecular flexibility index (Phi) is 3.33. The molecule has 2 heterocycles. The van der Waals surface area contributed by atoms with Crippen molar-refractivity contribution in [3.05, 3.63) is 47.0 Å². The van der Waals surface area contributed by atoms with Crippen molar-refractivity contribution in [3.8, 4) is 0 Å². The first-order chi connectivity index (χ1) is 8.74. The molecular formula is C12H9Cl2N3S. The van der Waals surface area contributed by atoms with Crippen molar-refractivity contribution in [1.29, 1.82) is 0 Å². The smallest absolute Gasteiger partial charge is 0.137 e. The number of hydrogen-bond acceptors (Lipinski definition) is 3. The third-order valence-corrected chi connectivity index (χ3v) is 4.58. The number of nitrogens with zero attached hydrogens (tertiary/aromatic N) is 3. The van der Waals surface area contributed by atoms with Crippen LogP contribution < -0.4 is 0 Å². The summed E-state index contributed by atoms with van der Waals surface area (Å²) in [4.78, 5) is 5.10. The summed E-state index contributed by atoms with van der Waals surface area (Å²) < 4.78 is 1.77. The monoisotopic (exact) mass is 297 g/mol. The molecule has 0 aliphatic carbocycles. The van der Waals surface area contributed by atoms with Crippen molar-refractivity contribution in [1.82, 2.24) is 14.8 Å². The second kappa shape index (κ2) is 4.96. The summed E-state index contributed by atoms with van der Waals surface area (Å²) in [5, 5.41) is 5.58. The zero-order valence-corrected chi connectivity index (χ0v) is 11.6. The van der Waals surface area contributed by atoms with Crippen molar-refractivity contribution in [2.45, 2.75) is 11.4 Å². The summed E-state index contributed by atoms with van der Waals surface area (Å²) in [6.45, 7) is 0.664. The Balaban J connectivity index is 1.98. The minimum absolute atomic E-state index is 0.664. The number of fused-ring (bicyclic) bond motifs is 1. The standard InChI is InChI=1S/C12H9Cl2N3S/c13-9-1-2-11-10(3-9)12(14)8(5-18-11)4-17-7-15-6-16-17/h1-3,6-7H,4-5H2. The van der Waals surface area contributed by atoms with E-state index in [0.717, 1.165) is 21.9 Å². The molecule has 1 aliphatic heterocycles. The molecule has 0 amide bonds. The molecule has 0 radical (unpaired) electrons. The maximum atomic E-state index is 6.45. The minimum atomic E-state index is 0.664. The highest BCUT2D eigenvalue weighted by Gasteiger charge is 2.18. The molecule has 6 heteroatoms. The molecule has 2 aromatic rings. The molecule has 0 fully saturated rings. The highest BCUT2D eigenvalue weighted by Crippen LogP contribution is 2.40. The van der Waals surface area contributed by atoms with E-state index < -0.39 is 0 Å². The molecule has 0 unspecified atom stereocenters. The van der Waals surface area contributed by atoms with Gasteiger partial charge in [-0.05, 0) is 23.8 Å². The molecular weight excluding hydrogens is 289 g/mol. The number of thioether (sulfide) groups is 1. The number of halogens is 2. The van der Waals surface area contributed by atoms with Gasteiger partial charge in [0.05, 0.1) is 11.6 Å². The zero-order chi connectivity index (χ0) is 12.5. The van der Waals surface area contributed by atoms with Gasteiger partial charge >= 0.3 is 0 Å². The first-order valence-electron chi connectivity index (χ1n) is 5.36. The third kappa shape index (κ3) is 2.28. The summed E-state index contributed by atoms with van der Waals surface area (Å²) in [6.07, 6.45) is 3.21. The van der Waals surface area contributed by atoms with E-state index in [4.69, 9.17) is 23.2 Å². The lowest BCUT2D eigenvalue weighted by molar-refractivity contribution is 0.678. The van der Waals surface area contributed by atoms with Crippen molar-refractivity contribution in [2.75, 3.05) is 5.75 Å². The Morgan fingerprint density at radius 3 is 3.00 bits per heavy atom. The van der Waals surface area contributed by atoms with E-state index in [1.807, 2.05) is 18.2 Å². The summed E-state index contributed by atoms with van der Waals surface area (Å²) in [5.41, 5.74) is 2.15. The summed E-state index contributed by atoms with van der Waals surface area (Å²) in [6, 6.07) is 5.81. The lowest BCUT2D eigenvalue weighted by atomic mass is 10.1. The van der Waals surface area contributed by atoms with Gasteiger partial charge in [-0.25, -0.2) is 9.67 Å². The maximum Gasteiger partial charge on any atom is 0.137 e. The van der Waals surface area contributed by atoms with Crippen LogP contribution in [0.3, 0.4) is 0 Å². The van der Waals surface area contributed by atoms with Crippen molar-refractivity contribution in [2.24, 2.45) is 0 Å². The molecule has 1 aromatic heterocycles. The van der Waals surface area contributed by atoms with Crippen LogP contribution in [0.2, 0.25) is 5.02 Å². The van der Waals surface area contributed by atoms with E-state index in [1.165, 1.54) is 11.2 Å². The van der Waals surface area contributed by atoms with Crippen LogP contribution in [-0.4, -0.2) is 20.5 Å². The first-order valence-corrected chi connectivity index (χ1v) is 7.11. The lowest BCUT2D eigenvalue weighted by Gasteiger charge is -2.19. The second-order valence-electron chi connectivity index (χ2n) is 3.94. The number of hydrogen-bond donors (Lipinski definition) is 0. The predicted molar refractivity (Wildman–Crippen MR) is 75.0 cm³/mol. The van der Waals surface area contributed by atoms with Crippen LogP contribution >= 0.6 is 35.0 Å². The molecule has 0 saturated heterocycles. The summed E-state index contributed by atoms with van der Waals surface area (Å²) in [7, 11) is 0. The SMILES string of the molecule is ClC1=C(Cn2cncn2)CSc2ccc(Cl)cc21. The average molecular weight is 298 g/mol. The molecule has 0 bridgehead atoms. The normalized spacial score (nSPS) is 14.8. The van der Waals surface area contributed by atoms with Crippen molar-refractivity contribution >= 4 is 40.0 Å². The van der Waals surface area contributed by atoms with E-state index in [9.17, 15) is 0 Å². The van der Waals surface area contributed by atoms with Gasteiger partial charge < -0.3 is 0 Å². The molecule has 0 N–H and O–H groups in total. The highest BCUT2D eigenvalue weighted by atomic mass is 35.5. The van der Waals surface area contributed by atoms with Gasteiger partial charge in [0, 0.05) is 21.2 Å². The van der Waals surface area contributed by atoms with Gasteiger partial charge in [0.2, 0.25) is 0 Å². The number of rotatable bonds is 2. The van der Waals surface area contributed by atoms with Crippen LogP contribution in [0, 0.1) is 0 Å². The second-order valence-corrected chi connectivity index (χ2v) is 5.77. The Bertz CT molecular complexity index is 608. The number of aromatic nitrogens is 3. The van der Waals surface area contributed by atoms with Gasteiger partial charge in [0.1, 0.15) is 12.7 Å². The van der Waals surface area contributed by atoms with E-state index in [2.05, 4.69) is 10.1 Å². The van der Waals surface area contributed by atoms with Gasteiger partial charge in [0.25, 0.3) is 0 Å². The molecule has 3 nitrogen and oxygen atoms in total. The maximum absolute atomic E-state index is 6.45. The van der Waals surface area contributed by atoms with Crippen LogP contribution in [0.5, 0.6) is 0 Å². The predicted octanol–water partition coefficient (Wildman–Crippen LogP) is 3.69. The molecule has 1 aliphatic rings. The Morgan fingerprint density at radius 2 is 2.22 bits per heavy atom. The molecule has 3 rings (SSSR count). The molecule has 1 aromatic carbocycles. The van der Waals surface area contributed by atoms with Crippen LogP contribution in [0.4, 0.5) is 0 Å². The van der Waals surface area contributed by atoms with Crippen LogP contribution in [-0.2, 0) is 6.54 Å². The molecule has 18 heavy (non-hydrogen) atoms. The fourth-order valence-corrected chi connectivity index (χ4v) is 3.48. The first kappa shape index (κ1) is 12.1. The summed E-state index contributed by atoms with van der Waals surface area (Å²) >= 11 is 14.2. The average Bonchev–Trinajstić information content (AvgIpc) is 2.86. The van der Waals surface area contributed by atoms with E-state index in [0.29, 0.717) is 11.6 Å². The minimum Gasteiger partial charge on any atom is -0.249 e. The molecule has 0 atom stereocenters. The number of benzene rings is 1. The third-order valence-electron chi connectivity index (χ3n) is 2.71. The summed E-state index contributed by atoms with van der Waals surface area (Å²) in [5.74, 6) is 0.868. The largest absolute Gasteiger partial charge is 0.249 e. The van der Waals surface area contributed by atoms with E-state index >= 15 is 0 Å². The fraction of sp³-hybridized carbons (Fsp3) is 0.167. The lowest BCUT2D eigenvalue weighted by Crippen LogP contribution is -2.08. The van der Waals surface area contributed by atoms with E-state index in [1.54, 1.807) is 22.8 Å². The van der Waals surface area contributed by atoms with Crippen molar-refractivity contribution in [3.63, 3.8) is 0 Å². The Morgan fingerprint density at radius 1 is 1.33 bits per heavy atom. The zero-order valence-electron chi connectivity index (χ0n) is 9.31. The van der Waals surface area contributed by atoms with Crippen LogP contribution in [0.25, 0.3) is 5.03 Å². The van der Waals surface area contributed by atoms with Gasteiger partial charge in [-0.15, -0.1) is 11.8 Å². The topological polar surface area (TPSA) is 30.7 Å². The van der Waals surface area contributed by atoms with Gasteiger partial charge in [-0.2, -0.15) is 5.10 Å². The molecule has 0 spiro atoms. The Labute approximate surface area is 119 Å². The highest BCUT2D eigenvalue weighted by molar-refractivity contribution is 7.99. The van der Waals surface area contributed by atoms with Crippen molar-refractivity contribution < 1.29 is 0 Å². The van der Waals surface area contributed by atoms with Gasteiger partial charge in [0.15, 0.2) is 0 Å². The van der Waals surface area contributed by atoms with E-state index in [-0.39, 0.29) is 0 Å². The van der Waals surface area contributed by atoms with Crippen LogP contribution in [0.15, 0.2) is 41.3 Å². The Hall–Kier alpha value is -0.970. The van der Waals surface area contributed by atoms with Crippen LogP contribution in [0.1, 0.15) is 5.56 Å². The fourth-order valence-electron chi connectivity index (χ4n) is 1.84. The van der Waals surface area contributed by atoms with Gasteiger partial charge in [-0.1, -0.05) is 23.2 Å². The quantitative estimate of drug-likeness (QED) is 0.847. The molecule has 0 saturated carbocycles.